The van der Waals surface area contributed by atoms with Gasteiger partial charge in [-0.05, 0) is 57.5 Å². The predicted octanol–water partition coefficient (Wildman–Crippen LogP) is 2.40. The molecule has 3 heteroatoms. The van der Waals surface area contributed by atoms with Crippen LogP contribution in [0.15, 0.2) is 12.1 Å². The molecule has 18 heavy (non-hydrogen) atoms. The van der Waals surface area contributed by atoms with Crippen molar-refractivity contribution in [1.82, 2.24) is 10.6 Å². The fraction of sp³-hybridized carbons (Fsp3) is 0.600. The second kappa shape index (κ2) is 6.21. The van der Waals surface area contributed by atoms with Crippen LogP contribution >= 0.6 is 0 Å². The number of benzene rings is 1. The van der Waals surface area contributed by atoms with E-state index in [2.05, 4.69) is 50.5 Å². The van der Waals surface area contributed by atoms with Crippen molar-refractivity contribution in [2.45, 2.75) is 39.8 Å². The van der Waals surface area contributed by atoms with E-state index in [0.29, 0.717) is 0 Å². The molecule has 0 aromatic heterocycles. The minimum atomic E-state index is 0.0923. The first-order chi connectivity index (χ1) is 8.39. The number of hydrogen-bond donors (Lipinski definition) is 2. The number of likely N-dealkylation sites (N-methyl/N-ethyl adjacent to an activating group) is 1. The van der Waals surface area contributed by atoms with Crippen LogP contribution in [0, 0.1) is 13.8 Å². The molecule has 102 valence electrons. The third-order valence-electron chi connectivity index (χ3n) is 3.23. The molecule has 0 fully saturated rings. The van der Waals surface area contributed by atoms with E-state index < -0.39 is 0 Å². The van der Waals surface area contributed by atoms with Gasteiger partial charge < -0.3 is 15.4 Å². The highest BCUT2D eigenvalue weighted by Crippen LogP contribution is 2.22. The van der Waals surface area contributed by atoms with E-state index in [1.807, 2.05) is 7.05 Å². The van der Waals surface area contributed by atoms with Gasteiger partial charge in [-0.1, -0.05) is 6.07 Å². The summed E-state index contributed by atoms with van der Waals surface area (Å²) in [5, 5.41) is 6.78. The van der Waals surface area contributed by atoms with Crippen LogP contribution in [0.1, 0.15) is 30.5 Å². The average Bonchev–Trinajstić information content (AvgIpc) is 2.29. The van der Waals surface area contributed by atoms with Crippen LogP contribution in [-0.4, -0.2) is 26.2 Å². The van der Waals surface area contributed by atoms with Crippen molar-refractivity contribution < 1.29 is 4.74 Å². The van der Waals surface area contributed by atoms with Crippen molar-refractivity contribution in [3.8, 4) is 5.75 Å². The molecular weight excluding hydrogens is 224 g/mol. The maximum absolute atomic E-state index is 5.33. The van der Waals surface area contributed by atoms with Crippen molar-refractivity contribution >= 4 is 0 Å². The topological polar surface area (TPSA) is 33.3 Å². The molecule has 0 amide bonds. The number of hydrogen-bond acceptors (Lipinski definition) is 3. The summed E-state index contributed by atoms with van der Waals surface area (Å²) in [6.07, 6.45) is 0. The molecule has 0 aliphatic carbocycles. The maximum Gasteiger partial charge on any atom is 0.122 e. The monoisotopic (exact) mass is 250 g/mol. The summed E-state index contributed by atoms with van der Waals surface area (Å²) < 4.78 is 5.33. The van der Waals surface area contributed by atoms with Gasteiger partial charge in [0.25, 0.3) is 0 Å². The van der Waals surface area contributed by atoms with E-state index in [1.54, 1.807) is 7.11 Å². The Labute approximate surface area is 111 Å². The van der Waals surface area contributed by atoms with Crippen molar-refractivity contribution in [1.29, 1.82) is 0 Å². The second-order valence-corrected chi connectivity index (χ2v) is 5.52. The Morgan fingerprint density at radius 2 is 1.83 bits per heavy atom. The summed E-state index contributed by atoms with van der Waals surface area (Å²) in [4.78, 5) is 0. The van der Waals surface area contributed by atoms with Gasteiger partial charge in [0.05, 0.1) is 7.11 Å². The summed E-state index contributed by atoms with van der Waals surface area (Å²) in [7, 11) is 3.70. The molecule has 0 atom stereocenters. The lowest BCUT2D eigenvalue weighted by Gasteiger charge is -2.26. The predicted molar refractivity (Wildman–Crippen MR) is 77.3 cm³/mol. The quantitative estimate of drug-likeness (QED) is 0.813. The van der Waals surface area contributed by atoms with E-state index in [4.69, 9.17) is 4.74 Å². The first-order valence-corrected chi connectivity index (χ1v) is 6.43. The van der Waals surface area contributed by atoms with Gasteiger partial charge in [-0.3, -0.25) is 0 Å². The van der Waals surface area contributed by atoms with Gasteiger partial charge in [-0.2, -0.15) is 0 Å². The first kappa shape index (κ1) is 15.0. The Bertz CT molecular complexity index is 400. The molecule has 0 aliphatic heterocycles. The second-order valence-electron chi connectivity index (χ2n) is 5.52. The highest BCUT2D eigenvalue weighted by molar-refractivity contribution is 5.41. The molecule has 0 bridgehead atoms. The number of ether oxygens (including phenoxy) is 1. The Hall–Kier alpha value is -1.06. The van der Waals surface area contributed by atoms with Crippen LogP contribution in [0.2, 0.25) is 0 Å². The van der Waals surface area contributed by atoms with Gasteiger partial charge in [0.1, 0.15) is 5.75 Å². The van der Waals surface area contributed by atoms with E-state index in [1.165, 1.54) is 16.7 Å². The number of rotatable bonds is 6. The van der Waals surface area contributed by atoms with Crippen LogP contribution in [0.3, 0.4) is 0 Å². The zero-order valence-corrected chi connectivity index (χ0v) is 12.5. The SMILES string of the molecule is CNCC(C)(C)NCc1cc(C)c(OC)cc1C. The Kier molecular flexibility index (Phi) is 5.17. The lowest BCUT2D eigenvalue weighted by molar-refractivity contribution is 0.373. The van der Waals surface area contributed by atoms with Crippen LogP contribution in [0.25, 0.3) is 0 Å². The lowest BCUT2D eigenvalue weighted by Crippen LogP contribution is -2.46. The average molecular weight is 250 g/mol. The molecule has 0 radical (unpaired) electrons. The zero-order valence-electron chi connectivity index (χ0n) is 12.5. The largest absolute Gasteiger partial charge is 0.496 e. The fourth-order valence-corrected chi connectivity index (χ4v) is 2.10. The summed E-state index contributed by atoms with van der Waals surface area (Å²) in [6.45, 7) is 10.4. The van der Waals surface area contributed by atoms with Gasteiger partial charge in [-0.15, -0.1) is 0 Å². The van der Waals surface area contributed by atoms with Crippen molar-refractivity contribution in [3.63, 3.8) is 0 Å². The zero-order chi connectivity index (χ0) is 13.8. The summed E-state index contributed by atoms with van der Waals surface area (Å²) in [5.41, 5.74) is 3.88. The molecule has 0 saturated heterocycles. The van der Waals surface area contributed by atoms with Crippen LogP contribution in [0.4, 0.5) is 0 Å². The van der Waals surface area contributed by atoms with Crippen LogP contribution < -0.4 is 15.4 Å². The van der Waals surface area contributed by atoms with Gasteiger partial charge in [0.2, 0.25) is 0 Å². The molecule has 2 N–H and O–H groups in total. The summed E-state index contributed by atoms with van der Waals surface area (Å²) in [6, 6.07) is 4.31. The maximum atomic E-state index is 5.33. The molecule has 1 rings (SSSR count). The van der Waals surface area contributed by atoms with E-state index in [0.717, 1.165) is 18.8 Å². The normalized spacial score (nSPS) is 11.7. The van der Waals surface area contributed by atoms with Crippen molar-refractivity contribution in [2.24, 2.45) is 0 Å². The number of methoxy groups -OCH3 is 1. The van der Waals surface area contributed by atoms with Gasteiger partial charge in [0.15, 0.2) is 0 Å². The van der Waals surface area contributed by atoms with Gasteiger partial charge >= 0.3 is 0 Å². The molecule has 1 aromatic carbocycles. The van der Waals surface area contributed by atoms with Crippen molar-refractivity contribution in [3.05, 3.63) is 28.8 Å². The third kappa shape index (κ3) is 4.00. The summed E-state index contributed by atoms with van der Waals surface area (Å²) >= 11 is 0. The third-order valence-corrected chi connectivity index (χ3v) is 3.23. The van der Waals surface area contributed by atoms with E-state index in [-0.39, 0.29) is 5.54 Å². The number of aryl methyl sites for hydroxylation is 2. The number of nitrogens with one attached hydrogen (secondary N) is 2. The van der Waals surface area contributed by atoms with Gasteiger partial charge in [0, 0.05) is 18.6 Å². The highest BCUT2D eigenvalue weighted by Gasteiger charge is 2.16. The minimum absolute atomic E-state index is 0.0923. The molecule has 0 aliphatic rings. The highest BCUT2D eigenvalue weighted by atomic mass is 16.5. The minimum Gasteiger partial charge on any atom is -0.496 e. The van der Waals surface area contributed by atoms with E-state index >= 15 is 0 Å². The van der Waals surface area contributed by atoms with E-state index in [9.17, 15) is 0 Å². The van der Waals surface area contributed by atoms with Crippen molar-refractivity contribution in [2.75, 3.05) is 20.7 Å². The smallest absolute Gasteiger partial charge is 0.122 e. The standard InChI is InChI=1S/C15H26N2O/c1-11-8-14(18-6)12(2)7-13(11)9-17-15(3,4)10-16-5/h7-8,16-17H,9-10H2,1-6H3. The molecule has 0 spiro atoms. The molecule has 1 aromatic rings. The first-order valence-electron chi connectivity index (χ1n) is 6.43. The Morgan fingerprint density at radius 3 is 2.39 bits per heavy atom. The molecule has 0 unspecified atom stereocenters. The fourth-order valence-electron chi connectivity index (χ4n) is 2.10. The molecule has 3 nitrogen and oxygen atoms in total. The Balaban J connectivity index is 2.77. The van der Waals surface area contributed by atoms with Crippen LogP contribution in [0.5, 0.6) is 5.75 Å². The van der Waals surface area contributed by atoms with Gasteiger partial charge in [-0.25, -0.2) is 0 Å². The molecule has 0 heterocycles. The molecular formula is C15H26N2O. The Morgan fingerprint density at radius 1 is 1.17 bits per heavy atom. The summed E-state index contributed by atoms with van der Waals surface area (Å²) in [5.74, 6) is 0.964. The molecule has 0 saturated carbocycles. The van der Waals surface area contributed by atoms with Crippen LogP contribution in [-0.2, 0) is 6.54 Å². The lowest BCUT2D eigenvalue weighted by atomic mass is 10.0.